The van der Waals surface area contributed by atoms with E-state index >= 15 is 0 Å². The van der Waals surface area contributed by atoms with Crippen molar-refractivity contribution in [1.82, 2.24) is 0 Å². The smallest absolute Gasteiger partial charge is 0.171 e. The van der Waals surface area contributed by atoms with Gasteiger partial charge in [-0.15, -0.1) is 0 Å². The van der Waals surface area contributed by atoms with Gasteiger partial charge >= 0.3 is 6.18 Å². The van der Waals surface area contributed by atoms with Crippen LogP contribution in [0.2, 0.25) is 19.1 Å². The summed E-state index contributed by atoms with van der Waals surface area (Å²) < 4.78 is 34.3. The molecule has 0 atom stereocenters. The Balaban J connectivity index is 3.28. The minimum atomic E-state index is -3.93. The molecule has 9 heavy (non-hydrogen) atoms. The second-order valence-electron chi connectivity index (χ2n) is 2.55. The largest absolute Gasteiger partial charge is 0.388 e. The summed E-state index contributed by atoms with van der Waals surface area (Å²) in [6.45, 7) is 3.84. The van der Waals surface area contributed by atoms with Crippen LogP contribution in [0.1, 0.15) is 6.42 Å². The van der Waals surface area contributed by atoms with Crippen LogP contribution in [0.5, 0.6) is 0 Å². The molecule has 0 aromatic carbocycles. The van der Waals surface area contributed by atoms with Crippen molar-refractivity contribution >= 4 is 8.80 Å². The molecule has 0 N–H and O–H groups in total. The lowest BCUT2D eigenvalue weighted by molar-refractivity contribution is -0.130. The summed E-state index contributed by atoms with van der Waals surface area (Å²) in [7, 11) is -0.990. The molecule has 0 heterocycles. The van der Waals surface area contributed by atoms with E-state index in [0.717, 1.165) is 0 Å². The van der Waals surface area contributed by atoms with Gasteiger partial charge < -0.3 is 0 Å². The standard InChI is InChI=1S/C5H11F3Si/c1-9(2)4-3-5(6,7)8/h9H,3-4H2,1-2H3. The number of alkyl halides is 3. The van der Waals surface area contributed by atoms with Gasteiger partial charge in [0.25, 0.3) is 0 Å². The Morgan fingerprint density at radius 1 is 1.22 bits per heavy atom. The fourth-order valence-electron chi connectivity index (χ4n) is 0.452. The summed E-state index contributed by atoms with van der Waals surface area (Å²) in [5.41, 5.74) is 0. The molecular formula is C5H11F3Si. The van der Waals surface area contributed by atoms with Gasteiger partial charge in [0, 0.05) is 15.2 Å². The molecule has 0 unspecified atom stereocenters. The third-order valence-electron chi connectivity index (χ3n) is 1.01. The first-order chi connectivity index (χ1) is 3.92. The van der Waals surface area contributed by atoms with Gasteiger partial charge in [-0.3, -0.25) is 0 Å². The molecular weight excluding hydrogens is 145 g/mol. The number of hydrogen-bond donors (Lipinski definition) is 0. The summed E-state index contributed by atoms with van der Waals surface area (Å²) in [6.07, 6.45) is -4.52. The van der Waals surface area contributed by atoms with E-state index in [1.54, 1.807) is 0 Å². The van der Waals surface area contributed by atoms with Crippen LogP contribution < -0.4 is 0 Å². The van der Waals surface area contributed by atoms with Crippen LogP contribution in [0, 0.1) is 0 Å². The molecule has 0 saturated heterocycles. The van der Waals surface area contributed by atoms with E-state index in [0.29, 0.717) is 6.04 Å². The van der Waals surface area contributed by atoms with Crippen LogP contribution in [0.4, 0.5) is 13.2 Å². The molecule has 0 spiro atoms. The fraction of sp³-hybridized carbons (Fsp3) is 1.00. The van der Waals surface area contributed by atoms with Crippen LogP contribution >= 0.6 is 0 Å². The lowest BCUT2D eigenvalue weighted by Crippen LogP contribution is -2.11. The maximum Gasteiger partial charge on any atom is 0.388 e. The Bertz CT molecular complexity index is 76.8. The maximum absolute atomic E-state index is 11.4. The average molecular weight is 156 g/mol. The van der Waals surface area contributed by atoms with Crippen molar-refractivity contribution in [3.8, 4) is 0 Å². The van der Waals surface area contributed by atoms with Crippen molar-refractivity contribution < 1.29 is 13.2 Å². The van der Waals surface area contributed by atoms with E-state index in [1.165, 1.54) is 0 Å². The Labute approximate surface area is 54.7 Å². The Morgan fingerprint density at radius 3 is 1.78 bits per heavy atom. The van der Waals surface area contributed by atoms with Gasteiger partial charge in [0.15, 0.2) is 0 Å². The molecule has 0 bridgehead atoms. The molecule has 0 aromatic heterocycles. The van der Waals surface area contributed by atoms with Crippen LogP contribution in [-0.4, -0.2) is 15.0 Å². The second kappa shape index (κ2) is 3.24. The molecule has 0 aromatic rings. The van der Waals surface area contributed by atoms with Gasteiger partial charge in [-0.1, -0.05) is 19.1 Å². The molecule has 0 saturated carbocycles. The number of rotatable bonds is 2. The van der Waals surface area contributed by atoms with Crippen LogP contribution in [0.3, 0.4) is 0 Å². The first kappa shape index (κ1) is 9.01. The number of halogens is 3. The Morgan fingerprint density at radius 2 is 1.67 bits per heavy atom. The minimum Gasteiger partial charge on any atom is -0.171 e. The van der Waals surface area contributed by atoms with E-state index in [4.69, 9.17) is 0 Å². The van der Waals surface area contributed by atoms with E-state index in [9.17, 15) is 13.2 Å². The highest BCUT2D eigenvalue weighted by Gasteiger charge is 2.26. The topological polar surface area (TPSA) is 0 Å². The van der Waals surface area contributed by atoms with E-state index in [-0.39, 0.29) is 0 Å². The second-order valence-corrected chi connectivity index (χ2v) is 5.91. The number of hydrogen-bond acceptors (Lipinski definition) is 0. The van der Waals surface area contributed by atoms with Gasteiger partial charge in [0.2, 0.25) is 0 Å². The fourth-order valence-corrected chi connectivity index (χ4v) is 1.36. The van der Waals surface area contributed by atoms with Crippen molar-refractivity contribution in [2.24, 2.45) is 0 Å². The van der Waals surface area contributed by atoms with Crippen LogP contribution in [0.15, 0.2) is 0 Å². The highest BCUT2D eigenvalue weighted by Crippen LogP contribution is 2.22. The summed E-state index contributed by atoms with van der Waals surface area (Å²) >= 11 is 0. The van der Waals surface area contributed by atoms with Crippen LogP contribution in [-0.2, 0) is 0 Å². The lowest BCUT2D eigenvalue weighted by Gasteiger charge is -2.06. The van der Waals surface area contributed by atoms with Gasteiger partial charge in [0.1, 0.15) is 0 Å². The van der Waals surface area contributed by atoms with Crippen molar-refractivity contribution in [2.45, 2.75) is 31.7 Å². The first-order valence-corrected chi connectivity index (χ1v) is 6.11. The summed E-state index contributed by atoms with van der Waals surface area (Å²) in [5.74, 6) is 0. The third-order valence-corrected chi connectivity index (χ3v) is 2.45. The normalized spacial score (nSPS) is 12.7. The van der Waals surface area contributed by atoms with E-state index in [1.807, 2.05) is 13.1 Å². The molecule has 56 valence electrons. The zero-order valence-corrected chi connectivity index (χ0v) is 6.78. The zero-order valence-electron chi connectivity index (χ0n) is 5.63. The SMILES string of the molecule is C[SiH](C)CCC(F)(F)F. The Kier molecular flexibility index (Phi) is 3.25. The van der Waals surface area contributed by atoms with E-state index in [2.05, 4.69) is 0 Å². The van der Waals surface area contributed by atoms with Gasteiger partial charge in [-0.25, -0.2) is 0 Å². The monoisotopic (exact) mass is 156 g/mol. The quantitative estimate of drug-likeness (QED) is 0.539. The highest BCUT2D eigenvalue weighted by atomic mass is 28.3. The summed E-state index contributed by atoms with van der Waals surface area (Å²) in [5, 5.41) is 0. The van der Waals surface area contributed by atoms with Crippen molar-refractivity contribution in [3.63, 3.8) is 0 Å². The van der Waals surface area contributed by atoms with E-state index < -0.39 is 21.4 Å². The molecule has 0 fully saturated rings. The summed E-state index contributed by atoms with van der Waals surface area (Å²) in [6, 6.07) is 0.378. The predicted octanol–water partition coefficient (Wildman–Crippen LogP) is 2.43. The van der Waals surface area contributed by atoms with Gasteiger partial charge in [-0.2, -0.15) is 13.2 Å². The highest BCUT2D eigenvalue weighted by molar-refractivity contribution is 6.55. The zero-order chi connectivity index (χ0) is 7.49. The van der Waals surface area contributed by atoms with Crippen molar-refractivity contribution in [3.05, 3.63) is 0 Å². The van der Waals surface area contributed by atoms with Crippen LogP contribution in [0.25, 0.3) is 0 Å². The Hall–Kier alpha value is 0.00688. The third kappa shape index (κ3) is 8.01. The molecule has 4 heteroatoms. The van der Waals surface area contributed by atoms with Crippen molar-refractivity contribution in [1.29, 1.82) is 0 Å². The molecule has 0 aliphatic rings. The molecule has 0 nitrogen and oxygen atoms in total. The van der Waals surface area contributed by atoms with Crippen molar-refractivity contribution in [2.75, 3.05) is 0 Å². The molecule has 0 rings (SSSR count). The first-order valence-electron chi connectivity index (χ1n) is 2.98. The van der Waals surface area contributed by atoms with Gasteiger partial charge in [-0.05, 0) is 0 Å². The average Bonchev–Trinajstić information content (AvgIpc) is 1.59. The molecule has 0 aliphatic carbocycles. The maximum atomic E-state index is 11.4. The minimum absolute atomic E-state index is 0.378. The molecule has 0 radical (unpaired) electrons. The molecule has 0 aliphatic heterocycles. The predicted molar refractivity (Wildman–Crippen MR) is 34.4 cm³/mol. The summed E-state index contributed by atoms with van der Waals surface area (Å²) in [4.78, 5) is 0. The lowest BCUT2D eigenvalue weighted by atomic mass is 10.5. The van der Waals surface area contributed by atoms with Gasteiger partial charge in [0.05, 0.1) is 0 Å². The molecule has 0 amide bonds.